The predicted octanol–water partition coefficient (Wildman–Crippen LogP) is 0.732. The summed E-state index contributed by atoms with van der Waals surface area (Å²) in [6, 6.07) is 0. The fourth-order valence-electron chi connectivity index (χ4n) is 3.38. The molecule has 2 unspecified atom stereocenters. The lowest BCUT2D eigenvalue weighted by Gasteiger charge is -2.43. The summed E-state index contributed by atoms with van der Waals surface area (Å²) < 4.78 is 25.0. The van der Waals surface area contributed by atoms with Gasteiger partial charge in [-0.3, -0.25) is 4.90 Å². The zero-order valence-electron chi connectivity index (χ0n) is 13.1. The van der Waals surface area contributed by atoms with Crippen LogP contribution in [-0.2, 0) is 10.0 Å². The van der Waals surface area contributed by atoms with Crippen LogP contribution >= 0.6 is 0 Å². The van der Waals surface area contributed by atoms with E-state index >= 15 is 0 Å². The summed E-state index contributed by atoms with van der Waals surface area (Å²) in [5.74, 6) is 0.484. The Kier molecular flexibility index (Phi) is 5.10. The monoisotopic (exact) mass is 303 g/mol. The topological polar surface area (TPSA) is 52.7 Å². The Bertz CT molecular complexity index is 426. The second-order valence-corrected chi connectivity index (χ2v) is 8.69. The van der Waals surface area contributed by atoms with Crippen LogP contribution in [0.4, 0.5) is 0 Å². The lowest BCUT2D eigenvalue weighted by molar-refractivity contribution is 0.107. The van der Waals surface area contributed by atoms with Crippen LogP contribution in [-0.4, -0.2) is 68.7 Å². The number of nitrogens with one attached hydrogen (secondary N) is 1. The van der Waals surface area contributed by atoms with Gasteiger partial charge in [0.15, 0.2) is 0 Å². The van der Waals surface area contributed by atoms with E-state index in [1.165, 1.54) is 6.26 Å². The lowest BCUT2D eigenvalue weighted by atomic mass is 9.93. The summed E-state index contributed by atoms with van der Waals surface area (Å²) >= 11 is 0. The van der Waals surface area contributed by atoms with E-state index in [0.717, 1.165) is 45.4 Å². The molecule has 2 atom stereocenters. The summed E-state index contributed by atoms with van der Waals surface area (Å²) in [4.78, 5) is 2.51. The first-order valence-corrected chi connectivity index (χ1v) is 9.60. The number of nitrogens with zero attached hydrogens (tertiary/aromatic N) is 2. The van der Waals surface area contributed by atoms with Gasteiger partial charge in [0.25, 0.3) is 0 Å². The van der Waals surface area contributed by atoms with Crippen molar-refractivity contribution in [3.63, 3.8) is 0 Å². The average molecular weight is 303 g/mol. The molecule has 2 heterocycles. The molecule has 0 aromatic carbocycles. The van der Waals surface area contributed by atoms with E-state index in [9.17, 15) is 8.42 Å². The zero-order valence-corrected chi connectivity index (χ0v) is 13.9. The molecule has 0 aromatic heterocycles. The molecule has 0 aromatic rings. The first-order valence-electron chi connectivity index (χ1n) is 7.75. The Morgan fingerprint density at radius 1 is 1.35 bits per heavy atom. The van der Waals surface area contributed by atoms with Gasteiger partial charge in [-0.15, -0.1) is 0 Å². The summed E-state index contributed by atoms with van der Waals surface area (Å²) in [7, 11) is -3.02. The van der Waals surface area contributed by atoms with Crippen LogP contribution in [0.2, 0.25) is 0 Å². The molecule has 0 spiro atoms. The second-order valence-electron chi connectivity index (χ2n) is 6.71. The number of hydrogen-bond acceptors (Lipinski definition) is 4. The van der Waals surface area contributed by atoms with Crippen molar-refractivity contribution in [3.8, 4) is 0 Å². The predicted molar refractivity (Wildman–Crippen MR) is 82.3 cm³/mol. The molecule has 2 saturated heterocycles. The third kappa shape index (κ3) is 4.16. The molecule has 2 aliphatic rings. The molecule has 5 nitrogen and oxygen atoms in total. The standard InChI is InChI=1S/C14H29N3O2S/c1-4-14(2)12-16(9-7-15-14)10-13-6-5-8-17(11-13)20(3,18)19/h13,15H,4-12H2,1-3H3. The molecule has 0 bridgehead atoms. The van der Waals surface area contributed by atoms with Crippen molar-refractivity contribution in [1.29, 1.82) is 0 Å². The molecule has 0 aliphatic carbocycles. The Morgan fingerprint density at radius 3 is 2.75 bits per heavy atom. The number of hydrogen-bond donors (Lipinski definition) is 1. The Labute approximate surface area is 123 Å². The fourth-order valence-corrected chi connectivity index (χ4v) is 4.32. The van der Waals surface area contributed by atoms with E-state index < -0.39 is 10.0 Å². The van der Waals surface area contributed by atoms with Crippen molar-refractivity contribution < 1.29 is 8.42 Å². The molecular weight excluding hydrogens is 274 g/mol. The highest BCUT2D eigenvalue weighted by atomic mass is 32.2. The first-order chi connectivity index (χ1) is 9.32. The second kappa shape index (κ2) is 6.30. The van der Waals surface area contributed by atoms with E-state index in [0.29, 0.717) is 19.0 Å². The summed E-state index contributed by atoms with van der Waals surface area (Å²) in [5, 5.41) is 3.60. The van der Waals surface area contributed by atoms with Gasteiger partial charge < -0.3 is 5.32 Å². The summed E-state index contributed by atoms with van der Waals surface area (Å²) in [5.41, 5.74) is 0.212. The van der Waals surface area contributed by atoms with Crippen LogP contribution in [0.5, 0.6) is 0 Å². The van der Waals surface area contributed by atoms with Gasteiger partial charge in [-0.2, -0.15) is 0 Å². The van der Waals surface area contributed by atoms with Gasteiger partial charge in [-0.1, -0.05) is 6.92 Å². The van der Waals surface area contributed by atoms with Gasteiger partial charge in [0.2, 0.25) is 10.0 Å². The Hall–Kier alpha value is -0.170. The van der Waals surface area contributed by atoms with Crippen LogP contribution in [0.3, 0.4) is 0 Å². The molecular formula is C14H29N3O2S. The van der Waals surface area contributed by atoms with Gasteiger partial charge >= 0.3 is 0 Å². The number of sulfonamides is 1. The van der Waals surface area contributed by atoms with E-state index in [1.54, 1.807) is 4.31 Å². The molecule has 1 N–H and O–H groups in total. The third-order valence-corrected chi connectivity index (χ3v) is 6.07. The molecule has 2 fully saturated rings. The van der Waals surface area contributed by atoms with Crippen molar-refractivity contribution in [3.05, 3.63) is 0 Å². The van der Waals surface area contributed by atoms with Crippen LogP contribution in [0.25, 0.3) is 0 Å². The largest absolute Gasteiger partial charge is 0.309 e. The van der Waals surface area contributed by atoms with Crippen LogP contribution in [0.1, 0.15) is 33.1 Å². The molecule has 0 amide bonds. The first kappa shape index (κ1) is 16.2. The van der Waals surface area contributed by atoms with Crippen LogP contribution in [0, 0.1) is 5.92 Å². The minimum absolute atomic E-state index is 0.212. The van der Waals surface area contributed by atoms with Crippen LogP contribution in [0.15, 0.2) is 0 Å². The molecule has 6 heteroatoms. The molecule has 118 valence electrons. The van der Waals surface area contributed by atoms with Crippen LogP contribution < -0.4 is 5.32 Å². The Balaban J connectivity index is 1.90. The highest BCUT2D eigenvalue weighted by Gasteiger charge is 2.32. The minimum Gasteiger partial charge on any atom is -0.309 e. The molecule has 0 saturated carbocycles. The lowest BCUT2D eigenvalue weighted by Crippen LogP contribution is -2.59. The van der Waals surface area contributed by atoms with Gasteiger partial charge in [0, 0.05) is 44.8 Å². The smallest absolute Gasteiger partial charge is 0.211 e. The number of rotatable bonds is 4. The normalized spacial score (nSPS) is 34.2. The van der Waals surface area contributed by atoms with E-state index in [1.807, 2.05) is 0 Å². The maximum Gasteiger partial charge on any atom is 0.211 e. The fraction of sp³-hybridized carbons (Fsp3) is 1.00. The highest BCUT2D eigenvalue weighted by Crippen LogP contribution is 2.22. The number of piperidine rings is 1. The Morgan fingerprint density at radius 2 is 2.10 bits per heavy atom. The van der Waals surface area contributed by atoms with E-state index in [4.69, 9.17) is 0 Å². The van der Waals surface area contributed by atoms with Gasteiger partial charge in [0.1, 0.15) is 0 Å². The zero-order chi connectivity index (χ0) is 14.8. The van der Waals surface area contributed by atoms with E-state index in [-0.39, 0.29) is 5.54 Å². The maximum atomic E-state index is 11.7. The highest BCUT2D eigenvalue weighted by molar-refractivity contribution is 7.88. The van der Waals surface area contributed by atoms with Crippen molar-refractivity contribution in [2.45, 2.75) is 38.6 Å². The van der Waals surface area contributed by atoms with Gasteiger partial charge in [0.05, 0.1) is 6.26 Å². The number of piperazine rings is 1. The molecule has 0 radical (unpaired) electrons. The van der Waals surface area contributed by atoms with E-state index in [2.05, 4.69) is 24.1 Å². The molecule has 20 heavy (non-hydrogen) atoms. The van der Waals surface area contributed by atoms with Crippen molar-refractivity contribution in [2.24, 2.45) is 5.92 Å². The van der Waals surface area contributed by atoms with Crippen molar-refractivity contribution in [2.75, 3.05) is 45.5 Å². The van der Waals surface area contributed by atoms with Crippen molar-refractivity contribution >= 4 is 10.0 Å². The molecule has 2 rings (SSSR count). The average Bonchev–Trinajstić information content (AvgIpc) is 2.38. The molecule has 2 aliphatic heterocycles. The quantitative estimate of drug-likeness (QED) is 0.832. The van der Waals surface area contributed by atoms with Crippen molar-refractivity contribution in [1.82, 2.24) is 14.5 Å². The van der Waals surface area contributed by atoms with Gasteiger partial charge in [-0.05, 0) is 32.1 Å². The minimum atomic E-state index is -3.02. The SMILES string of the molecule is CCC1(C)CN(CC2CCCN(S(C)(=O)=O)C2)CCN1. The summed E-state index contributed by atoms with van der Waals surface area (Å²) in [6.45, 7) is 10.1. The van der Waals surface area contributed by atoms with Gasteiger partial charge in [-0.25, -0.2) is 12.7 Å². The summed E-state index contributed by atoms with van der Waals surface area (Å²) in [6.07, 6.45) is 4.60. The maximum absolute atomic E-state index is 11.7. The third-order valence-electron chi connectivity index (χ3n) is 4.80.